The van der Waals surface area contributed by atoms with Crippen molar-refractivity contribution in [3.63, 3.8) is 0 Å². The lowest BCUT2D eigenvalue weighted by Gasteiger charge is -1.92. The van der Waals surface area contributed by atoms with Crippen LogP contribution in [0.15, 0.2) is 4.99 Å². The molecule has 1 aliphatic rings. The first-order valence-corrected chi connectivity index (χ1v) is 3.01. The van der Waals surface area contributed by atoms with Crippen LogP contribution in [0.25, 0.3) is 0 Å². The largest absolute Gasteiger partial charge is 0.342 e. The van der Waals surface area contributed by atoms with Crippen molar-refractivity contribution in [1.82, 2.24) is 0 Å². The number of rotatable bonds is 1. The lowest BCUT2D eigenvalue weighted by atomic mass is 10.6. The molecule has 6 heteroatoms. The molecule has 0 saturated heterocycles. The summed E-state index contributed by atoms with van der Waals surface area (Å²) in [7, 11) is 0. The quantitative estimate of drug-likeness (QED) is 0.382. The molecule has 0 aromatic carbocycles. The second kappa shape index (κ2) is 2.14. The van der Waals surface area contributed by atoms with Gasteiger partial charge in [0.05, 0.1) is 5.55 Å². The molecule has 48 valence electrons. The fraction of sp³-hybridized carbons (Fsp3) is 0.333. The van der Waals surface area contributed by atoms with E-state index >= 15 is 0 Å². The van der Waals surface area contributed by atoms with Crippen molar-refractivity contribution in [3.8, 4) is 0 Å². The first-order chi connectivity index (χ1) is 4.22. The lowest BCUT2D eigenvalue weighted by Crippen LogP contribution is -2.20. The van der Waals surface area contributed by atoms with Gasteiger partial charge in [-0.25, -0.2) is 4.99 Å². The molecule has 0 aromatic rings. The van der Waals surface area contributed by atoms with Gasteiger partial charge in [-0.2, -0.15) is 0 Å². The fourth-order valence-electron chi connectivity index (χ4n) is 0.402. The third-order valence-electron chi connectivity index (χ3n) is 0.772. The molecule has 0 fully saturated rings. The molecule has 1 unspecified atom stereocenters. The van der Waals surface area contributed by atoms with Crippen LogP contribution in [0.1, 0.15) is 0 Å². The normalized spacial score (nSPS) is 24.9. The van der Waals surface area contributed by atoms with Gasteiger partial charge < -0.3 is 0 Å². The van der Waals surface area contributed by atoms with E-state index in [1.165, 1.54) is 5.55 Å². The highest BCUT2D eigenvalue weighted by molar-refractivity contribution is 8.13. The van der Waals surface area contributed by atoms with Gasteiger partial charge in [-0.15, -0.1) is 0 Å². The third-order valence-corrected chi connectivity index (χ3v) is 1.63. The standard InChI is InChI=1S/C3H2N2O3S/c6-2-3(5(7)8)9-1-4-2/h1,3H. The molecule has 1 heterocycles. The number of nitrogens with zero attached hydrogens (tertiary/aromatic N) is 2. The molecular formula is C3H2N2O3S. The first kappa shape index (κ1) is 6.21. The maximum atomic E-state index is 10.4. The van der Waals surface area contributed by atoms with Crippen molar-refractivity contribution in [2.24, 2.45) is 4.99 Å². The highest BCUT2D eigenvalue weighted by Crippen LogP contribution is 2.15. The van der Waals surface area contributed by atoms with Crippen LogP contribution in [0.2, 0.25) is 0 Å². The van der Waals surface area contributed by atoms with Gasteiger partial charge in [0.15, 0.2) is 0 Å². The number of hydrogen-bond acceptors (Lipinski definition) is 4. The molecule has 0 aliphatic carbocycles. The Labute approximate surface area is 54.3 Å². The zero-order chi connectivity index (χ0) is 6.85. The molecular weight excluding hydrogens is 144 g/mol. The minimum atomic E-state index is -1.19. The number of carbonyl (C=O) groups excluding carboxylic acids is 1. The molecule has 0 radical (unpaired) electrons. The Kier molecular flexibility index (Phi) is 1.48. The van der Waals surface area contributed by atoms with E-state index in [0.717, 1.165) is 11.8 Å². The van der Waals surface area contributed by atoms with Gasteiger partial charge in [0, 0.05) is 4.92 Å². The molecule has 1 aliphatic heterocycles. The average molecular weight is 146 g/mol. The zero-order valence-corrected chi connectivity index (χ0v) is 5.00. The lowest BCUT2D eigenvalue weighted by molar-refractivity contribution is -0.481. The second-order valence-corrected chi connectivity index (χ2v) is 2.28. The van der Waals surface area contributed by atoms with Gasteiger partial charge in [-0.3, -0.25) is 14.9 Å². The monoisotopic (exact) mass is 146 g/mol. The second-order valence-electron chi connectivity index (χ2n) is 1.35. The Bertz CT molecular complexity index is 189. The summed E-state index contributed by atoms with van der Waals surface area (Å²) in [6.07, 6.45) is 0. The SMILES string of the molecule is O=C1N=CSC1[N+](=O)[O-]. The van der Waals surface area contributed by atoms with Crippen LogP contribution < -0.4 is 0 Å². The van der Waals surface area contributed by atoms with Crippen LogP contribution in [-0.4, -0.2) is 21.8 Å². The maximum Gasteiger partial charge on any atom is 0.342 e. The zero-order valence-electron chi connectivity index (χ0n) is 4.18. The summed E-state index contributed by atoms with van der Waals surface area (Å²) < 4.78 is 0. The predicted octanol–water partition coefficient (Wildman–Crippen LogP) is -0.109. The summed E-state index contributed by atoms with van der Waals surface area (Å²) in [6, 6.07) is 0. The van der Waals surface area contributed by atoms with E-state index in [1.807, 2.05) is 0 Å². The number of carbonyl (C=O) groups is 1. The Hall–Kier alpha value is -0.910. The fourth-order valence-corrected chi connectivity index (χ4v) is 0.959. The summed E-state index contributed by atoms with van der Waals surface area (Å²) >= 11 is 0.818. The van der Waals surface area contributed by atoms with E-state index in [1.54, 1.807) is 0 Å². The smallest absolute Gasteiger partial charge is 0.263 e. The summed E-state index contributed by atoms with van der Waals surface area (Å²) in [4.78, 5) is 22.8. The number of nitro groups is 1. The minimum Gasteiger partial charge on any atom is -0.263 e. The van der Waals surface area contributed by atoms with Crippen LogP contribution in [-0.2, 0) is 4.79 Å². The topological polar surface area (TPSA) is 72.6 Å². The maximum absolute atomic E-state index is 10.4. The van der Waals surface area contributed by atoms with Crippen molar-refractivity contribution < 1.29 is 9.72 Å². The van der Waals surface area contributed by atoms with Crippen molar-refractivity contribution in [1.29, 1.82) is 0 Å². The van der Waals surface area contributed by atoms with Crippen molar-refractivity contribution >= 4 is 23.2 Å². The first-order valence-electron chi connectivity index (χ1n) is 2.07. The molecule has 0 N–H and O–H groups in total. The van der Waals surface area contributed by atoms with Gasteiger partial charge in [-0.05, 0) is 11.8 Å². The Morgan fingerprint density at radius 1 is 1.89 bits per heavy atom. The van der Waals surface area contributed by atoms with E-state index in [2.05, 4.69) is 4.99 Å². The summed E-state index contributed by atoms with van der Waals surface area (Å²) in [5.41, 5.74) is 1.19. The van der Waals surface area contributed by atoms with Crippen molar-refractivity contribution in [3.05, 3.63) is 10.1 Å². The molecule has 1 atom stereocenters. The van der Waals surface area contributed by atoms with Gasteiger partial charge in [-0.1, -0.05) is 0 Å². The molecule has 9 heavy (non-hydrogen) atoms. The van der Waals surface area contributed by atoms with Crippen LogP contribution in [0, 0.1) is 10.1 Å². The Morgan fingerprint density at radius 2 is 2.56 bits per heavy atom. The number of aliphatic imine (C=N–C) groups is 1. The number of hydrogen-bond donors (Lipinski definition) is 0. The minimum absolute atomic E-state index is 0.653. The van der Waals surface area contributed by atoms with Gasteiger partial charge >= 0.3 is 11.3 Å². The molecule has 5 nitrogen and oxygen atoms in total. The van der Waals surface area contributed by atoms with Crippen LogP contribution in [0.5, 0.6) is 0 Å². The average Bonchev–Trinajstić information content (AvgIpc) is 2.13. The number of amides is 1. The van der Waals surface area contributed by atoms with Crippen LogP contribution in [0.3, 0.4) is 0 Å². The highest BCUT2D eigenvalue weighted by Gasteiger charge is 2.33. The van der Waals surface area contributed by atoms with Crippen LogP contribution in [0.4, 0.5) is 0 Å². The Morgan fingerprint density at radius 3 is 2.78 bits per heavy atom. The van der Waals surface area contributed by atoms with Gasteiger partial charge in [0.1, 0.15) is 0 Å². The van der Waals surface area contributed by atoms with Crippen molar-refractivity contribution in [2.45, 2.75) is 5.37 Å². The van der Waals surface area contributed by atoms with E-state index in [-0.39, 0.29) is 0 Å². The summed E-state index contributed by atoms with van der Waals surface area (Å²) in [5.74, 6) is -0.676. The molecule has 0 aromatic heterocycles. The van der Waals surface area contributed by atoms with E-state index < -0.39 is 16.2 Å². The molecule has 1 rings (SSSR count). The van der Waals surface area contributed by atoms with E-state index in [4.69, 9.17) is 0 Å². The van der Waals surface area contributed by atoms with Gasteiger partial charge in [0.25, 0.3) is 0 Å². The molecule has 0 spiro atoms. The van der Waals surface area contributed by atoms with Crippen molar-refractivity contribution in [2.75, 3.05) is 0 Å². The Balaban J connectivity index is 2.66. The highest BCUT2D eigenvalue weighted by atomic mass is 32.2. The molecule has 1 amide bonds. The van der Waals surface area contributed by atoms with E-state index in [0.29, 0.717) is 0 Å². The summed E-state index contributed by atoms with van der Waals surface area (Å²) in [5, 5.41) is 8.71. The van der Waals surface area contributed by atoms with Crippen LogP contribution >= 0.6 is 11.8 Å². The predicted molar refractivity (Wildman–Crippen MR) is 31.9 cm³/mol. The number of thioether (sulfide) groups is 1. The van der Waals surface area contributed by atoms with E-state index in [9.17, 15) is 14.9 Å². The molecule has 0 bridgehead atoms. The van der Waals surface area contributed by atoms with Gasteiger partial charge in [0.2, 0.25) is 0 Å². The third kappa shape index (κ3) is 1.07. The summed E-state index contributed by atoms with van der Waals surface area (Å²) in [6.45, 7) is 0. The molecule has 0 saturated carbocycles.